The zero-order valence-corrected chi connectivity index (χ0v) is 16.9. The Labute approximate surface area is 167 Å². The first-order chi connectivity index (χ1) is 13.6. The highest BCUT2D eigenvalue weighted by Crippen LogP contribution is 2.25. The molecule has 1 fully saturated rings. The van der Waals surface area contributed by atoms with E-state index < -0.39 is 5.91 Å². The Balaban J connectivity index is 1.37. The van der Waals surface area contributed by atoms with Gasteiger partial charge in [-0.05, 0) is 62.6 Å². The summed E-state index contributed by atoms with van der Waals surface area (Å²) >= 11 is 0. The summed E-state index contributed by atoms with van der Waals surface area (Å²) in [5, 5.41) is 0. The van der Waals surface area contributed by atoms with E-state index >= 15 is 0 Å². The van der Waals surface area contributed by atoms with Gasteiger partial charge < -0.3 is 15.4 Å². The highest BCUT2D eigenvalue weighted by Gasteiger charge is 2.20. The van der Waals surface area contributed by atoms with Crippen molar-refractivity contribution in [2.24, 2.45) is 11.7 Å². The Kier molecular flexibility index (Phi) is 6.85. The monoisotopic (exact) mass is 382 g/mol. The number of anilines is 1. The van der Waals surface area contributed by atoms with Gasteiger partial charge in [-0.3, -0.25) is 4.79 Å². The van der Waals surface area contributed by atoms with Crippen LogP contribution in [0.15, 0.2) is 30.5 Å². The molecule has 1 saturated heterocycles. The van der Waals surface area contributed by atoms with Crippen LogP contribution in [0.4, 0.5) is 5.82 Å². The number of carbonyl (C=O) groups is 1. The largest absolute Gasteiger partial charge is 0.478 e. The molecule has 2 aromatic heterocycles. The second kappa shape index (κ2) is 9.53. The molecule has 3 heterocycles. The number of rotatable bonds is 8. The summed E-state index contributed by atoms with van der Waals surface area (Å²) in [6, 6.07) is 7.71. The molecule has 28 heavy (non-hydrogen) atoms. The normalized spacial score (nSPS) is 14.9. The first-order valence-corrected chi connectivity index (χ1v) is 10.2. The fraction of sp³-hybridized carbons (Fsp3) is 0.500. The van der Waals surface area contributed by atoms with Crippen molar-refractivity contribution in [3.05, 3.63) is 47.3 Å². The third-order valence-corrected chi connectivity index (χ3v) is 5.49. The van der Waals surface area contributed by atoms with Crippen LogP contribution >= 0.6 is 0 Å². The molecule has 1 amide bonds. The van der Waals surface area contributed by atoms with Crippen LogP contribution in [0.5, 0.6) is 5.88 Å². The quantitative estimate of drug-likeness (QED) is 0.707. The minimum Gasteiger partial charge on any atom is -0.478 e. The summed E-state index contributed by atoms with van der Waals surface area (Å²) in [7, 11) is 0. The maximum absolute atomic E-state index is 11.2. The second-order valence-corrected chi connectivity index (χ2v) is 7.45. The molecule has 0 radical (unpaired) electrons. The van der Waals surface area contributed by atoms with Crippen LogP contribution in [0.2, 0.25) is 0 Å². The molecule has 150 valence electrons. The minimum absolute atomic E-state index is 0.443. The summed E-state index contributed by atoms with van der Waals surface area (Å²) in [6.45, 7) is 6.70. The lowest BCUT2D eigenvalue weighted by atomic mass is 9.92. The molecule has 3 rings (SSSR count). The predicted octanol–water partition coefficient (Wildman–Crippen LogP) is 3.52. The van der Waals surface area contributed by atoms with Crippen molar-refractivity contribution in [2.45, 2.75) is 46.0 Å². The molecule has 0 bridgehead atoms. The van der Waals surface area contributed by atoms with Crippen molar-refractivity contribution in [1.82, 2.24) is 9.97 Å². The summed E-state index contributed by atoms with van der Waals surface area (Å²) in [4.78, 5) is 22.5. The number of carbonyl (C=O) groups excluding carboxylic acids is 1. The summed E-state index contributed by atoms with van der Waals surface area (Å²) in [5.41, 5.74) is 7.64. The third kappa shape index (κ3) is 5.21. The van der Waals surface area contributed by atoms with E-state index in [1.165, 1.54) is 18.4 Å². The molecular weight excluding hydrogens is 352 g/mol. The molecule has 1 aliphatic rings. The van der Waals surface area contributed by atoms with Gasteiger partial charge in [-0.25, -0.2) is 9.97 Å². The first-order valence-electron chi connectivity index (χ1n) is 10.2. The van der Waals surface area contributed by atoms with Crippen molar-refractivity contribution in [3.8, 4) is 5.88 Å². The van der Waals surface area contributed by atoms with Crippen LogP contribution in [-0.4, -0.2) is 35.6 Å². The van der Waals surface area contributed by atoms with E-state index in [0.29, 0.717) is 23.7 Å². The molecule has 6 heteroatoms. The Hall–Kier alpha value is -2.63. The number of primary amides is 1. The number of amides is 1. The van der Waals surface area contributed by atoms with Gasteiger partial charge in [0.15, 0.2) is 0 Å². The summed E-state index contributed by atoms with van der Waals surface area (Å²) in [5.74, 6) is 1.93. The van der Waals surface area contributed by atoms with Crippen LogP contribution in [-0.2, 0) is 6.42 Å². The minimum atomic E-state index is -0.459. The standard InChI is InChI=1S/C22H30N4O2/c1-3-17-6-8-20(24-15-17)26-12-10-18(11-13-26)5-4-14-28-21-9-7-19(22(23)27)16(2)25-21/h6-9,15,18H,3-5,10-14H2,1-2H3,(H2,23,27). The van der Waals surface area contributed by atoms with Gasteiger partial charge >= 0.3 is 0 Å². The fourth-order valence-electron chi connectivity index (χ4n) is 3.69. The van der Waals surface area contributed by atoms with Gasteiger partial charge in [0.2, 0.25) is 5.88 Å². The molecule has 0 atom stereocenters. The molecule has 0 aliphatic carbocycles. The van der Waals surface area contributed by atoms with E-state index in [1.807, 2.05) is 6.20 Å². The molecule has 0 unspecified atom stereocenters. The number of hydrogen-bond donors (Lipinski definition) is 1. The molecule has 0 spiro atoms. The molecule has 0 aromatic carbocycles. The Morgan fingerprint density at radius 3 is 2.64 bits per heavy atom. The predicted molar refractivity (Wildman–Crippen MR) is 111 cm³/mol. The van der Waals surface area contributed by atoms with Gasteiger partial charge in [0.05, 0.1) is 17.9 Å². The van der Waals surface area contributed by atoms with E-state index in [9.17, 15) is 4.79 Å². The van der Waals surface area contributed by atoms with Crippen LogP contribution in [0.3, 0.4) is 0 Å². The molecule has 1 aliphatic heterocycles. The fourth-order valence-corrected chi connectivity index (χ4v) is 3.69. The average molecular weight is 383 g/mol. The van der Waals surface area contributed by atoms with Gasteiger partial charge in [-0.1, -0.05) is 13.0 Å². The van der Waals surface area contributed by atoms with E-state index in [4.69, 9.17) is 10.5 Å². The number of ether oxygens (including phenoxy) is 1. The third-order valence-electron chi connectivity index (χ3n) is 5.49. The van der Waals surface area contributed by atoms with Crippen molar-refractivity contribution < 1.29 is 9.53 Å². The highest BCUT2D eigenvalue weighted by atomic mass is 16.5. The lowest BCUT2D eigenvalue weighted by Crippen LogP contribution is -2.34. The Morgan fingerprint density at radius 2 is 2.04 bits per heavy atom. The van der Waals surface area contributed by atoms with Crippen LogP contribution in [0, 0.1) is 12.8 Å². The number of nitrogens with zero attached hydrogens (tertiary/aromatic N) is 3. The molecule has 6 nitrogen and oxygen atoms in total. The highest BCUT2D eigenvalue weighted by molar-refractivity contribution is 5.93. The number of pyridine rings is 2. The molecule has 0 saturated carbocycles. The first kappa shape index (κ1) is 20.1. The zero-order chi connectivity index (χ0) is 19.9. The van der Waals surface area contributed by atoms with Crippen molar-refractivity contribution >= 4 is 11.7 Å². The van der Waals surface area contributed by atoms with E-state index in [2.05, 4.69) is 33.9 Å². The lowest BCUT2D eigenvalue weighted by Gasteiger charge is -2.32. The van der Waals surface area contributed by atoms with Crippen molar-refractivity contribution in [1.29, 1.82) is 0 Å². The number of nitrogens with two attached hydrogens (primary N) is 1. The smallest absolute Gasteiger partial charge is 0.250 e. The second-order valence-electron chi connectivity index (χ2n) is 7.45. The van der Waals surface area contributed by atoms with Crippen LogP contribution in [0.1, 0.15) is 54.2 Å². The topological polar surface area (TPSA) is 81.3 Å². The average Bonchev–Trinajstić information content (AvgIpc) is 2.71. The number of piperidine rings is 1. The summed E-state index contributed by atoms with van der Waals surface area (Å²) in [6.07, 6.45) is 7.58. The van der Waals surface area contributed by atoms with Gasteiger partial charge in [0.1, 0.15) is 5.82 Å². The number of aromatic nitrogens is 2. The SMILES string of the molecule is CCc1ccc(N2CCC(CCCOc3ccc(C(N)=O)c(C)n3)CC2)nc1. The van der Waals surface area contributed by atoms with Gasteiger partial charge in [0, 0.05) is 25.4 Å². The number of aryl methyl sites for hydroxylation is 2. The zero-order valence-electron chi connectivity index (χ0n) is 16.9. The maximum atomic E-state index is 11.2. The van der Waals surface area contributed by atoms with E-state index in [-0.39, 0.29) is 0 Å². The van der Waals surface area contributed by atoms with E-state index in [1.54, 1.807) is 19.1 Å². The number of hydrogen-bond acceptors (Lipinski definition) is 5. The molecule has 2 N–H and O–H groups in total. The van der Waals surface area contributed by atoms with Crippen LogP contribution in [0.25, 0.3) is 0 Å². The molecule has 2 aromatic rings. The maximum Gasteiger partial charge on any atom is 0.250 e. The Morgan fingerprint density at radius 1 is 1.25 bits per heavy atom. The van der Waals surface area contributed by atoms with Gasteiger partial charge in [-0.2, -0.15) is 0 Å². The lowest BCUT2D eigenvalue weighted by molar-refractivity contribution is 0.0999. The van der Waals surface area contributed by atoms with Crippen molar-refractivity contribution in [3.63, 3.8) is 0 Å². The molecular formula is C22H30N4O2. The van der Waals surface area contributed by atoms with Gasteiger partial charge in [0.25, 0.3) is 5.91 Å². The van der Waals surface area contributed by atoms with E-state index in [0.717, 1.165) is 44.1 Å². The summed E-state index contributed by atoms with van der Waals surface area (Å²) < 4.78 is 5.74. The van der Waals surface area contributed by atoms with Crippen molar-refractivity contribution in [2.75, 3.05) is 24.6 Å². The van der Waals surface area contributed by atoms with Gasteiger partial charge in [-0.15, -0.1) is 0 Å². The van der Waals surface area contributed by atoms with Crippen LogP contribution < -0.4 is 15.4 Å². The Bertz CT molecular complexity index is 784.